The first-order valence-electron chi connectivity index (χ1n) is 7.11. The molecule has 0 spiro atoms. The van der Waals surface area contributed by atoms with Crippen LogP contribution in [0.5, 0.6) is 0 Å². The molecule has 17 heavy (non-hydrogen) atoms. The maximum atomic E-state index is 11.9. The van der Waals surface area contributed by atoms with Crippen molar-refractivity contribution in [3.8, 4) is 0 Å². The molecule has 1 aliphatic heterocycles. The summed E-state index contributed by atoms with van der Waals surface area (Å²) in [6.45, 7) is 5.61. The average molecular weight is 241 g/mol. The number of likely N-dealkylation sites (tertiary alicyclic amines) is 1. The Labute approximate surface area is 105 Å². The van der Waals surface area contributed by atoms with Gasteiger partial charge < -0.3 is 10.0 Å². The second-order valence-corrected chi connectivity index (χ2v) is 5.29. The molecule has 1 N–H and O–H groups in total. The van der Waals surface area contributed by atoms with Crippen molar-refractivity contribution < 1.29 is 9.90 Å². The number of unbranched alkanes of at least 4 members (excludes halogenated alkanes) is 4. The fraction of sp³-hybridized carbons (Fsp3) is 0.929. The number of nitrogens with zero attached hydrogens (tertiary/aromatic N) is 1. The van der Waals surface area contributed by atoms with E-state index in [-0.39, 0.29) is 12.0 Å². The smallest absolute Gasteiger partial charge is 0.222 e. The summed E-state index contributed by atoms with van der Waals surface area (Å²) in [7, 11) is 0. The Morgan fingerprint density at radius 3 is 2.65 bits per heavy atom. The van der Waals surface area contributed by atoms with Gasteiger partial charge in [-0.25, -0.2) is 0 Å². The van der Waals surface area contributed by atoms with E-state index in [0.29, 0.717) is 12.3 Å². The first-order chi connectivity index (χ1) is 8.15. The van der Waals surface area contributed by atoms with Crippen molar-refractivity contribution in [2.75, 3.05) is 13.1 Å². The monoisotopic (exact) mass is 241 g/mol. The van der Waals surface area contributed by atoms with Crippen LogP contribution in [0, 0.1) is 5.92 Å². The number of hydrogen-bond acceptors (Lipinski definition) is 2. The Balaban J connectivity index is 2.12. The van der Waals surface area contributed by atoms with Gasteiger partial charge in [-0.05, 0) is 19.8 Å². The van der Waals surface area contributed by atoms with Gasteiger partial charge in [0.15, 0.2) is 0 Å². The summed E-state index contributed by atoms with van der Waals surface area (Å²) in [5.41, 5.74) is 0. The molecule has 0 bridgehead atoms. The highest BCUT2D eigenvalue weighted by molar-refractivity contribution is 5.76. The van der Waals surface area contributed by atoms with Crippen LogP contribution in [-0.4, -0.2) is 35.1 Å². The van der Waals surface area contributed by atoms with Gasteiger partial charge in [0, 0.05) is 25.4 Å². The largest absolute Gasteiger partial charge is 0.393 e. The number of aliphatic hydroxyl groups excluding tert-OH is 1. The molecule has 0 aromatic rings. The van der Waals surface area contributed by atoms with Gasteiger partial charge in [0.05, 0.1) is 6.10 Å². The molecule has 0 aliphatic carbocycles. The topological polar surface area (TPSA) is 40.5 Å². The van der Waals surface area contributed by atoms with Crippen LogP contribution in [0.25, 0.3) is 0 Å². The zero-order valence-electron chi connectivity index (χ0n) is 11.3. The lowest BCUT2D eigenvalue weighted by Gasteiger charge is -2.17. The van der Waals surface area contributed by atoms with E-state index in [0.717, 1.165) is 25.9 Å². The molecule has 0 aromatic carbocycles. The van der Waals surface area contributed by atoms with Gasteiger partial charge in [-0.1, -0.05) is 32.6 Å². The lowest BCUT2D eigenvalue weighted by molar-refractivity contribution is -0.130. The van der Waals surface area contributed by atoms with E-state index in [1.54, 1.807) is 0 Å². The lowest BCUT2D eigenvalue weighted by atomic mass is 10.0. The Hall–Kier alpha value is -0.570. The highest BCUT2D eigenvalue weighted by atomic mass is 16.3. The number of rotatable bonds is 7. The van der Waals surface area contributed by atoms with Crippen LogP contribution < -0.4 is 0 Å². The molecule has 0 aromatic heterocycles. The summed E-state index contributed by atoms with van der Waals surface area (Å²) in [6, 6.07) is 0. The molecule has 1 rings (SSSR count). The Bertz CT molecular complexity index is 228. The van der Waals surface area contributed by atoms with Crippen molar-refractivity contribution in [1.29, 1.82) is 0 Å². The van der Waals surface area contributed by atoms with Crippen molar-refractivity contribution >= 4 is 5.91 Å². The van der Waals surface area contributed by atoms with Crippen molar-refractivity contribution in [3.63, 3.8) is 0 Å². The molecule has 2 atom stereocenters. The van der Waals surface area contributed by atoms with Crippen molar-refractivity contribution in [3.05, 3.63) is 0 Å². The van der Waals surface area contributed by atoms with Crippen LogP contribution in [-0.2, 0) is 4.79 Å². The number of amides is 1. The van der Waals surface area contributed by atoms with E-state index in [2.05, 4.69) is 6.92 Å². The first-order valence-corrected chi connectivity index (χ1v) is 7.11. The van der Waals surface area contributed by atoms with Crippen LogP contribution in [0.3, 0.4) is 0 Å². The zero-order chi connectivity index (χ0) is 12.7. The number of hydrogen-bond donors (Lipinski definition) is 1. The van der Waals surface area contributed by atoms with Gasteiger partial charge >= 0.3 is 0 Å². The molecule has 1 aliphatic rings. The number of carbonyl (C=O) groups excluding carboxylic acids is 1. The molecule has 1 amide bonds. The standard InChI is InChI=1S/C14H27NO2/c1-3-4-5-6-7-8-14(17)15-10-9-13(11-15)12(2)16/h12-13,16H,3-11H2,1-2H3. The second kappa shape index (κ2) is 7.70. The summed E-state index contributed by atoms with van der Waals surface area (Å²) in [6.07, 6.45) is 7.34. The third kappa shape index (κ3) is 5.07. The van der Waals surface area contributed by atoms with Gasteiger partial charge in [-0.3, -0.25) is 4.79 Å². The van der Waals surface area contributed by atoms with Crippen molar-refractivity contribution in [2.24, 2.45) is 5.92 Å². The van der Waals surface area contributed by atoms with Crippen LogP contribution in [0.2, 0.25) is 0 Å². The summed E-state index contributed by atoms with van der Waals surface area (Å²) in [4.78, 5) is 13.8. The maximum absolute atomic E-state index is 11.9. The predicted molar refractivity (Wildman–Crippen MR) is 69.7 cm³/mol. The van der Waals surface area contributed by atoms with Gasteiger partial charge in [0.25, 0.3) is 0 Å². The van der Waals surface area contributed by atoms with E-state index in [1.807, 2.05) is 11.8 Å². The van der Waals surface area contributed by atoms with Crippen molar-refractivity contribution in [2.45, 2.75) is 64.9 Å². The third-order valence-electron chi connectivity index (χ3n) is 3.75. The van der Waals surface area contributed by atoms with E-state index < -0.39 is 0 Å². The Morgan fingerprint density at radius 2 is 2.06 bits per heavy atom. The zero-order valence-corrected chi connectivity index (χ0v) is 11.3. The third-order valence-corrected chi connectivity index (χ3v) is 3.75. The lowest BCUT2D eigenvalue weighted by Crippen LogP contribution is -2.30. The average Bonchev–Trinajstić information content (AvgIpc) is 2.78. The minimum absolute atomic E-state index is 0.280. The Morgan fingerprint density at radius 1 is 1.35 bits per heavy atom. The van der Waals surface area contributed by atoms with E-state index in [9.17, 15) is 9.90 Å². The molecule has 2 unspecified atom stereocenters. The highest BCUT2D eigenvalue weighted by Crippen LogP contribution is 2.20. The van der Waals surface area contributed by atoms with Gasteiger partial charge in [0.1, 0.15) is 0 Å². The van der Waals surface area contributed by atoms with Crippen molar-refractivity contribution in [1.82, 2.24) is 4.90 Å². The molecule has 1 heterocycles. The van der Waals surface area contributed by atoms with Crippen LogP contribution in [0.4, 0.5) is 0 Å². The minimum atomic E-state index is -0.280. The van der Waals surface area contributed by atoms with Crippen LogP contribution >= 0.6 is 0 Å². The summed E-state index contributed by atoms with van der Waals surface area (Å²) in [5.74, 6) is 0.573. The van der Waals surface area contributed by atoms with Gasteiger partial charge in [-0.2, -0.15) is 0 Å². The fourth-order valence-electron chi connectivity index (χ4n) is 2.45. The molecule has 1 fully saturated rings. The maximum Gasteiger partial charge on any atom is 0.222 e. The summed E-state index contributed by atoms with van der Waals surface area (Å²) >= 11 is 0. The normalized spacial score (nSPS) is 21.8. The SMILES string of the molecule is CCCCCCCC(=O)N1CCC(C(C)O)C1. The van der Waals surface area contributed by atoms with Crippen LogP contribution in [0.15, 0.2) is 0 Å². The first kappa shape index (κ1) is 14.5. The summed E-state index contributed by atoms with van der Waals surface area (Å²) in [5, 5.41) is 9.49. The Kier molecular flexibility index (Phi) is 6.56. The van der Waals surface area contributed by atoms with E-state index in [4.69, 9.17) is 0 Å². The fourth-order valence-corrected chi connectivity index (χ4v) is 2.45. The summed E-state index contributed by atoms with van der Waals surface area (Å²) < 4.78 is 0. The quantitative estimate of drug-likeness (QED) is 0.696. The number of aliphatic hydroxyl groups is 1. The molecule has 1 saturated heterocycles. The molecule has 3 heteroatoms. The van der Waals surface area contributed by atoms with Gasteiger partial charge in [-0.15, -0.1) is 0 Å². The highest BCUT2D eigenvalue weighted by Gasteiger charge is 2.28. The molecule has 0 saturated carbocycles. The second-order valence-electron chi connectivity index (χ2n) is 5.29. The molecular weight excluding hydrogens is 214 g/mol. The molecule has 3 nitrogen and oxygen atoms in total. The van der Waals surface area contributed by atoms with Gasteiger partial charge in [0.2, 0.25) is 5.91 Å². The minimum Gasteiger partial charge on any atom is -0.393 e. The van der Waals surface area contributed by atoms with Crippen LogP contribution in [0.1, 0.15) is 58.8 Å². The van der Waals surface area contributed by atoms with E-state index in [1.165, 1.54) is 25.7 Å². The molecular formula is C14H27NO2. The molecule has 0 radical (unpaired) electrons. The predicted octanol–water partition coefficient (Wildman–Crippen LogP) is 2.58. The molecule has 100 valence electrons. The number of carbonyl (C=O) groups is 1. The van der Waals surface area contributed by atoms with E-state index >= 15 is 0 Å².